The van der Waals surface area contributed by atoms with E-state index in [0.29, 0.717) is 21.4 Å². The molecule has 1 unspecified atom stereocenters. The van der Waals surface area contributed by atoms with Crippen molar-refractivity contribution in [2.24, 2.45) is 5.10 Å². The molecule has 0 aliphatic heterocycles. The van der Waals surface area contributed by atoms with E-state index in [1.807, 2.05) is 23.6 Å². The molecule has 0 radical (unpaired) electrons. The minimum absolute atomic E-state index is 0.127. The number of hydrazone groups is 1. The van der Waals surface area contributed by atoms with E-state index in [0.717, 1.165) is 5.56 Å². The van der Waals surface area contributed by atoms with Crippen LogP contribution >= 0.6 is 22.9 Å². The predicted molar refractivity (Wildman–Crippen MR) is 108 cm³/mol. The van der Waals surface area contributed by atoms with Crippen LogP contribution in [0.4, 0.5) is 5.13 Å². The van der Waals surface area contributed by atoms with Gasteiger partial charge in [-0.2, -0.15) is 5.10 Å². The molecule has 1 aromatic heterocycles. The molecule has 6 nitrogen and oxygen atoms in total. The number of aromatic nitrogens is 1. The summed E-state index contributed by atoms with van der Waals surface area (Å²) >= 11 is 7.52. The van der Waals surface area contributed by atoms with Crippen LogP contribution in [0.1, 0.15) is 22.8 Å². The molecule has 0 saturated carbocycles. The Labute approximate surface area is 165 Å². The van der Waals surface area contributed by atoms with Crippen molar-refractivity contribution in [3.8, 4) is 11.3 Å². The van der Waals surface area contributed by atoms with E-state index >= 15 is 0 Å². The Morgan fingerprint density at radius 3 is 2.67 bits per heavy atom. The van der Waals surface area contributed by atoms with Gasteiger partial charge in [0.1, 0.15) is 6.23 Å². The third-order valence-electron chi connectivity index (χ3n) is 3.70. The number of aliphatic hydroxyl groups is 1. The molecule has 3 rings (SSSR count). The van der Waals surface area contributed by atoms with Crippen molar-refractivity contribution in [2.75, 3.05) is 5.01 Å². The van der Waals surface area contributed by atoms with Crippen molar-refractivity contribution in [3.05, 3.63) is 70.1 Å². The van der Waals surface area contributed by atoms with Gasteiger partial charge in [0.15, 0.2) is 0 Å². The number of aliphatic hydroxyl groups excluding tert-OH is 1. The van der Waals surface area contributed by atoms with Crippen molar-refractivity contribution in [1.82, 2.24) is 4.98 Å². The highest BCUT2D eigenvalue weighted by molar-refractivity contribution is 7.14. The van der Waals surface area contributed by atoms with E-state index < -0.39 is 12.2 Å². The Kier molecular flexibility index (Phi) is 5.85. The molecule has 0 spiro atoms. The van der Waals surface area contributed by atoms with Gasteiger partial charge in [0.05, 0.1) is 17.5 Å². The average Bonchev–Trinajstić information content (AvgIpc) is 3.11. The third-order valence-corrected chi connectivity index (χ3v) is 4.86. The van der Waals surface area contributed by atoms with Crippen LogP contribution in [-0.2, 0) is 0 Å². The van der Waals surface area contributed by atoms with E-state index in [2.05, 4.69) is 10.1 Å². The molecule has 0 saturated heterocycles. The van der Waals surface area contributed by atoms with Crippen LogP contribution in [0.15, 0.2) is 59.0 Å². The van der Waals surface area contributed by atoms with E-state index in [1.165, 1.54) is 28.6 Å². The van der Waals surface area contributed by atoms with Gasteiger partial charge in [0, 0.05) is 21.5 Å². The zero-order valence-corrected chi connectivity index (χ0v) is 15.9. The van der Waals surface area contributed by atoms with Gasteiger partial charge < -0.3 is 10.2 Å². The van der Waals surface area contributed by atoms with Crippen molar-refractivity contribution in [2.45, 2.75) is 13.2 Å². The van der Waals surface area contributed by atoms with Gasteiger partial charge in [-0.1, -0.05) is 48.0 Å². The van der Waals surface area contributed by atoms with Crippen LogP contribution in [0.2, 0.25) is 5.02 Å². The van der Waals surface area contributed by atoms with Gasteiger partial charge in [-0.15, -0.1) is 11.3 Å². The number of nitrogens with zero attached hydrogens (tertiary/aromatic N) is 3. The van der Waals surface area contributed by atoms with Gasteiger partial charge in [0.25, 0.3) is 0 Å². The maximum Gasteiger partial charge on any atom is 0.336 e. The Bertz CT molecular complexity index is 988. The number of carbonyl (C=O) groups is 1. The molecule has 1 atom stereocenters. The van der Waals surface area contributed by atoms with Crippen LogP contribution in [-0.4, -0.2) is 33.6 Å². The summed E-state index contributed by atoms with van der Waals surface area (Å²) in [5.41, 5.74) is 2.01. The van der Waals surface area contributed by atoms with E-state index in [-0.39, 0.29) is 5.56 Å². The van der Waals surface area contributed by atoms with Gasteiger partial charge >= 0.3 is 5.97 Å². The van der Waals surface area contributed by atoms with E-state index in [9.17, 15) is 15.0 Å². The summed E-state index contributed by atoms with van der Waals surface area (Å²) in [5.74, 6) is -1.05. The van der Waals surface area contributed by atoms with Crippen molar-refractivity contribution < 1.29 is 15.0 Å². The quantitative estimate of drug-likeness (QED) is 0.364. The number of thiazole rings is 1. The normalized spacial score (nSPS) is 12.3. The minimum atomic E-state index is -1.05. The van der Waals surface area contributed by atoms with Gasteiger partial charge in [-0.25, -0.2) is 14.8 Å². The summed E-state index contributed by atoms with van der Waals surface area (Å²) in [6.45, 7) is 1.55. The highest BCUT2D eigenvalue weighted by Gasteiger charge is 2.17. The first kappa shape index (κ1) is 19.0. The zero-order chi connectivity index (χ0) is 19.4. The fourth-order valence-corrected chi connectivity index (χ4v) is 3.48. The highest BCUT2D eigenvalue weighted by atomic mass is 35.5. The Morgan fingerprint density at radius 1 is 1.26 bits per heavy atom. The molecule has 8 heteroatoms. The first-order valence-electron chi connectivity index (χ1n) is 8.01. The number of carboxylic acids is 1. The number of hydrogen-bond donors (Lipinski definition) is 2. The first-order valence-corrected chi connectivity index (χ1v) is 9.27. The van der Waals surface area contributed by atoms with Crippen molar-refractivity contribution >= 4 is 40.3 Å². The molecule has 3 aromatic rings. The fourth-order valence-electron chi connectivity index (χ4n) is 2.40. The second-order valence-corrected chi connectivity index (χ2v) is 6.85. The molecular formula is C19H16ClN3O3S. The molecule has 2 N–H and O–H groups in total. The summed E-state index contributed by atoms with van der Waals surface area (Å²) in [7, 11) is 0. The number of carboxylic acid groups (broad SMARTS) is 1. The monoisotopic (exact) mass is 401 g/mol. The number of rotatable bonds is 6. The summed E-state index contributed by atoms with van der Waals surface area (Å²) in [5, 5.41) is 27.8. The standard InChI is InChI=1S/C19H16ClN3O3S/c1-12(24)23(21-10-13-6-2-3-7-14(13)18(25)26)19-22-17(11-27-19)15-8-4-5-9-16(15)20/h2-12,24H,1H3,(H,25,26)/b21-10+. The number of anilines is 1. The fraction of sp³-hybridized carbons (Fsp3) is 0.105. The highest BCUT2D eigenvalue weighted by Crippen LogP contribution is 2.32. The van der Waals surface area contributed by atoms with Gasteiger partial charge in [-0.05, 0) is 19.1 Å². The lowest BCUT2D eigenvalue weighted by Gasteiger charge is -2.18. The van der Waals surface area contributed by atoms with Crippen LogP contribution in [0.25, 0.3) is 11.3 Å². The summed E-state index contributed by atoms with van der Waals surface area (Å²) in [4.78, 5) is 15.8. The summed E-state index contributed by atoms with van der Waals surface area (Å²) in [6, 6.07) is 13.9. The summed E-state index contributed by atoms with van der Waals surface area (Å²) < 4.78 is 0. The zero-order valence-electron chi connectivity index (χ0n) is 14.3. The topological polar surface area (TPSA) is 86.0 Å². The summed E-state index contributed by atoms with van der Waals surface area (Å²) in [6.07, 6.45) is 0.440. The lowest BCUT2D eigenvalue weighted by atomic mass is 10.1. The molecule has 2 aromatic carbocycles. The third kappa shape index (κ3) is 4.33. The average molecular weight is 402 g/mol. The van der Waals surface area contributed by atoms with Crippen LogP contribution < -0.4 is 5.01 Å². The lowest BCUT2D eigenvalue weighted by Crippen LogP contribution is -2.27. The van der Waals surface area contributed by atoms with E-state index in [1.54, 1.807) is 31.2 Å². The molecular weight excluding hydrogens is 386 g/mol. The molecule has 0 fully saturated rings. The Balaban J connectivity index is 1.92. The minimum Gasteiger partial charge on any atom is -0.478 e. The molecule has 27 heavy (non-hydrogen) atoms. The molecule has 0 aliphatic rings. The molecule has 0 aliphatic carbocycles. The van der Waals surface area contributed by atoms with Crippen LogP contribution in [0.3, 0.4) is 0 Å². The first-order chi connectivity index (χ1) is 13.0. The molecule has 0 amide bonds. The van der Waals surface area contributed by atoms with Crippen molar-refractivity contribution in [1.29, 1.82) is 0 Å². The Hall–Kier alpha value is -2.74. The SMILES string of the molecule is CC(O)N(/N=C/c1ccccc1C(=O)O)c1nc(-c2ccccc2Cl)cs1. The number of halogens is 1. The molecule has 0 bridgehead atoms. The maximum absolute atomic E-state index is 11.3. The second-order valence-electron chi connectivity index (χ2n) is 5.61. The van der Waals surface area contributed by atoms with Crippen LogP contribution in [0, 0.1) is 0 Å². The second kappa shape index (κ2) is 8.30. The molecule has 1 heterocycles. The molecule has 138 valence electrons. The van der Waals surface area contributed by atoms with Crippen LogP contribution in [0.5, 0.6) is 0 Å². The predicted octanol–water partition coefficient (Wildman–Crippen LogP) is 4.34. The largest absolute Gasteiger partial charge is 0.478 e. The van der Waals surface area contributed by atoms with Gasteiger partial charge in [0.2, 0.25) is 5.13 Å². The van der Waals surface area contributed by atoms with Gasteiger partial charge in [-0.3, -0.25) is 0 Å². The van der Waals surface area contributed by atoms with E-state index in [4.69, 9.17) is 11.6 Å². The Morgan fingerprint density at radius 2 is 1.96 bits per heavy atom. The maximum atomic E-state index is 11.3. The number of aromatic carboxylic acids is 1. The smallest absolute Gasteiger partial charge is 0.336 e. The number of hydrogen-bond acceptors (Lipinski definition) is 6. The van der Waals surface area contributed by atoms with Crippen molar-refractivity contribution in [3.63, 3.8) is 0 Å². The lowest BCUT2D eigenvalue weighted by molar-refractivity contribution is 0.0696. The number of benzene rings is 2.